The molecule has 0 aliphatic carbocycles. The van der Waals surface area contributed by atoms with Crippen LogP contribution >= 0.6 is 0 Å². The summed E-state index contributed by atoms with van der Waals surface area (Å²) in [6.45, 7) is 6.72. The monoisotopic (exact) mass is 228 g/mol. The number of piperazine rings is 1. The lowest BCUT2D eigenvalue weighted by Gasteiger charge is -2.42. The van der Waals surface area contributed by atoms with Gasteiger partial charge in [0.2, 0.25) is 5.91 Å². The molecule has 0 unspecified atom stereocenters. The zero-order valence-electron chi connectivity index (χ0n) is 10.9. The van der Waals surface area contributed by atoms with E-state index in [1.165, 1.54) is 0 Å². The van der Waals surface area contributed by atoms with Crippen molar-refractivity contribution >= 4 is 5.91 Å². The minimum Gasteiger partial charge on any atom is -0.385 e. The molecule has 1 aliphatic heterocycles. The van der Waals surface area contributed by atoms with Crippen molar-refractivity contribution in [1.82, 2.24) is 9.80 Å². The summed E-state index contributed by atoms with van der Waals surface area (Å²) in [5, 5.41) is 0. The lowest BCUT2D eigenvalue weighted by Crippen LogP contribution is -2.56. The fourth-order valence-electron chi connectivity index (χ4n) is 2.13. The Kier molecular flexibility index (Phi) is 5.22. The Labute approximate surface area is 98.5 Å². The van der Waals surface area contributed by atoms with Crippen molar-refractivity contribution in [2.45, 2.75) is 38.8 Å². The largest absolute Gasteiger partial charge is 0.385 e. The highest BCUT2D eigenvalue weighted by atomic mass is 16.5. The summed E-state index contributed by atoms with van der Waals surface area (Å²) in [6.07, 6.45) is 1.43. The molecule has 1 heterocycles. The Balaban J connectivity index is 2.39. The van der Waals surface area contributed by atoms with Gasteiger partial charge >= 0.3 is 0 Å². The quantitative estimate of drug-likeness (QED) is 0.672. The third-order valence-electron chi connectivity index (χ3n) is 3.45. The molecule has 4 nitrogen and oxygen atoms in total. The number of rotatable bonds is 4. The van der Waals surface area contributed by atoms with E-state index in [1.54, 1.807) is 7.11 Å². The Morgan fingerprint density at radius 1 is 1.31 bits per heavy atom. The molecule has 0 bridgehead atoms. The van der Waals surface area contributed by atoms with E-state index in [9.17, 15) is 4.79 Å². The first-order chi connectivity index (χ1) is 7.56. The molecule has 1 aliphatic rings. The minimum absolute atomic E-state index is 0.267. The van der Waals surface area contributed by atoms with E-state index in [0.29, 0.717) is 25.1 Å². The molecule has 2 atom stereocenters. The molecular formula is C12H24N2O2. The predicted molar refractivity (Wildman–Crippen MR) is 64.4 cm³/mol. The third kappa shape index (κ3) is 3.46. The fourth-order valence-corrected chi connectivity index (χ4v) is 2.13. The molecular weight excluding hydrogens is 204 g/mol. The molecule has 1 saturated heterocycles. The van der Waals surface area contributed by atoms with Crippen LogP contribution in [0.4, 0.5) is 0 Å². The molecule has 0 N–H and O–H groups in total. The minimum atomic E-state index is 0.267. The highest BCUT2D eigenvalue weighted by molar-refractivity contribution is 5.76. The van der Waals surface area contributed by atoms with E-state index in [4.69, 9.17) is 4.74 Å². The molecule has 0 saturated carbocycles. The maximum Gasteiger partial charge on any atom is 0.222 e. The summed E-state index contributed by atoms with van der Waals surface area (Å²) < 4.78 is 4.96. The zero-order chi connectivity index (χ0) is 12.1. The van der Waals surface area contributed by atoms with E-state index in [2.05, 4.69) is 25.8 Å². The normalized spacial score (nSPS) is 27.1. The van der Waals surface area contributed by atoms with Crippen molar-refractivity contribution in [1.29, 1.82) is 0 Å². The van der Waals surface area contributed by atoms with Gasteiger partial charge in [0, 0.05) is 45.3 Å². The highest BCUT2D eigenvalue weighted by Gasteiger charge is 2.28. The molecule has 1 amide bonds. The molecule has 94 valence electrons. The van der Waals surface area contributed by atoms with Gasteiger partial charge < -0.3 is 9.64 Å². The van der Waals surface area contributed by atoms with Crippen molar-refractivity contribution < 1.29 is 9.53 Å². The number of hydrogen-bond acceptors (Lipinski definition) is 3. The van der Waals surface area contributed by atoms with Crippen LogP contribution in [0.15, 0.2) is 0 Å². The van der Waals surface area contributed by atoms with Gasteiger partial charge in [0.1, 0.15) is 0 Å². The molecule has 1 rings (SSSR count). The Morgan fingerprint density at radius 2 is 1.88 bits per heavy atom. The van der Waals surface area contributed by atoms with E-state index in [1.807, 2.05) is 4.90 Å². The number of carbonyl (C=O) groups is 1. The van der Waals surface area contributed by atoms with E-state index in [-0.39, 0.29) is 5.91 Å². The Morgan fingerprint density at radius 3 is 2.38 bits per heavy atom. The SMILES string of the molecule is COCCCC(=O)N1C[C@@H](C)N(C)[C@@H](C)C1. The molecule has 0 aromatic carbocycles. The molecule has 0 spiro atoms. The summed E-state index contributed by atoms with van der Waals surface area (Å²) in [7, 11) is 3.80. The molecule has 0 radical (unpaired) electrons. The summed E-state index contributed by atoms with van der Waals surface area (Å²) in [5.74, 6) is 0.267. The number of methoxy groups -OCH3 is 1. The second kappa shape index (κ2) is 6.21. The fraction of sp³-hybridized carbons (Fsp3) is 0.917. The molecule has 4 heteroatoms. The van der Waals surface area contributed by atoms with Crippen molar-refractivity contribution in [3.63, 3.8) is 0 Å². The first-order valence-corrected chi connectivity index (χ1v) is 6.05. The number of carbonyl (C=O) groups excluding carboxylic acids is 1. The van der Waals surface area contributed by atoms with E-state index >= 15 is 0 Å². The summed E-state index contributed by atoms with van der Waals surface area (Å²) in [4.78, 5) is 16.2. The first-order valence-electron chi connectivity index (χ1n) is 6.05. The Hall–Kier alpha value is -0.610. The maximum absolute atomic E-state index is 11.9. The van der Waals surface area contributed by atoms with Crippen LogP contribution in [0.1, 0.15) is 26.7 Å². The van der Waals surface area contributed by atoms with Gasteiger partial charge in [0.05, 0.1) is 0 Å². The van der Waals surface area contributed by atoms with Gasteiger partial charge in [-0.15, -0.1) is 0 Å². The van der Waals surface area contributed by atoms with Gasteiger partial charge in [-0.25, -0.2) is 0 Å². The van der Waals surface area contributed by atoms with Crippen LogP contribution in [0.5, 0.6) is 0 Å². The predicted octanol–water partition coefficient (Wildman–Crippen LogP) is 0.964. The number of hydrogen-bond donors (Lipinski definition) is 0. The summed E-state index contributed by atoms with van der Waals surface area (Å²) >= 11 is 0. The van der Waals surface area contributed by atoms with Gasteiger partial charge in [0.15, 0.2) is 0 Å². The van der Waals surface area contributed by atoms with Gasteiger partial charge in [-0.05, 0) is 27.3 Å². The topological polar surface area (TPSA) is 32.8 Å². The van der Waals surface area contributed by atoms with Crippen molar-refractivity contribution in [3.05, 3.63) is 0 Å². The average Bonchev–Trinajstić information content (AvgIpc) is 2.25. The smallest absolute Gasteiger partial charge is 0.222 e. The highest BCUT2D eigenvalue weighted by Crippen LogP contribution is 2.14. The number of amides is 1. The second-order valence-electron chi connectivity index (χ2n) is 4.76. The average molecular weight is 228 g/mol. The lowest BCUT2D eigenvalue weighted by atomic mass is 10.1. The molecule has 1 fully saturated rings. The van der Waals surface area contributed by atoms with Gasteiger partial charge in [-0.3, -0.25) is 9.69 Å². The van der Waals surface area contributed by atoms with Crippen LogP contribution in [-0.2, 0) is 9.53 Å². The lowest BCUT2D eigenvalue weighted by molar-refractivity contribution is -0.135. The van der Waals surface area contributed by atoms with Gasteiger partial charge in [-0.2, -0.15) is 0 Å². The molecule has 0 aromatic heterocycles. The first kappa shape index (κ1) is 13.5. The molecule has 16 heavy (non-hydrogen) atoms. The van der Waals surface area contributed by atoms with Crippen molar-refractivity contribution in [2.75, 3.05) is 33.9 Å². The molecule has 0 aromatic rings. The summed E-state index contributed by atoms with van der Waals surface area (Å²) in [6, 6.07) is 0.908. The number of nitrogens with zero attached hydrogens (tertiary/aromatic N) is 2. The summed E-state index contributed by atoms with van der Waals surface area (Å²) in [5.41, 5.74) is 0. The zero-order valence-corrected chi connectivity index (χ0v) is 10.9. The second-order valence-corrected chi connectivity index (χ2v) is 4.76. The number of likely N-dealkylation sites (N-methyl/N-ethyl adjacent to an activating group) is 1. The van der Waals surface area contributed by atoms with Crippen LogP contribution in [0, 0.1) is 0 Å². The van der Waals surface area contributed by atoms with E-state index < -0.39 is 0 Å². The van der Waals surface area contributed by atoms with Gasteiger partial charge in [0.25, 0.3) is 0 Å². The van der Waals surface area contributed by atoms with Crippen molar-refractivity contribution in [2.24, 2.45) is 0 Å². The van der Waals surface area contributed by atoms with Crippen LogP contribution in [0.3, 0.4) is 0 Å². The van der Waals surface area contributed by atoms with Gasteiger partial charge in [-0.1, -0.05) is 0 Å². The number of ether oxygens (including phenoxy) is 1. The van der Waals surface area contributed by atoms with E-state index in [0.717, 1.165) is 19.5 Å². The standard InChI is InChI=1S/C12H24N2O2/c1-10-8-14(9-11(2)13(10)3)12(15)6-5-7-16-4/h10-11H,5-9H2,1-4H3/t10-,11+. The van der Waals surface area contributed by atoms with Crippen LogP contribution in [0.25, 0.3) is 0 Å². The van der Waals surface area contributed by atoms with Crippen LogP contribution in [-0.4, -0.2) is 61.6 Å². The Bertz CT molecular complexity index is 221. The van der Waals surface area contributed by atoms with Crippen molar-refractivity contribution in [3.8, 4) is 0 Å². The van der Waals surface area contributed by atoms with Crippen LogP contribution in [0.2, 0.25) is 0 Å². The maximum atomic E-state index is 11.9. The third-order valence-corrected chi connectivity index (χ3v) is 3.45. The van der Waals surface area contributed by atoms with Crippen LogP contribution < -0.4 is 0 Å².